The highest BCUT2D eigenvalue weighted by atomic mass is 127. The lowest BCUT2D eigenvalue weighted by molar-refractivity contribution is -0.0447. The zero-order valence-electron chi connectivity index (χ0n) is 16.4. The van der Waals surface area contributed by atoms with Gasteiger partial charge < -0.3 is 29.2 Å². The van der Waals surface area contributed by atoms with Gasteiger partial charge in [-0.25, -0.2) is 4.99 Å². The molecule has 2 aliphatic heterocycles. The van der Waals surface area contributed by atoms with E-state index in [1.807, 2.05) is 12.1 Å². The molecular weight excluding hydrogens is 497 g/mol. The smallest absolute Gasteiger partial charge is 0.194 e. The Morgan fingerprint density at radius 3 is 2.93 bits per heavy atom. The minimum absolute atomic E-state index is 0. The third-order valence-electron chi connectivity index (χ3n) is 4.40. The first-order valence-electron chi connectivity index (χ1n) is 9.43. The Hall–Kier alpha value is -0.970. The van der Waals surface area contributed by atoms with Gasteiger partial charge in [0.15, 0.2) is 17.5 Å². The van der Waals surface area contributed by atoms with Crippen LogP contribution in [0.2, 0.25) is 5.02 Å². The number of methoxy groups -OCH3 is 1. The Morgan fingerprint density at radius 1 is 1.32 bits per heavy atom. The lowest BCUT2D eigenvalue weighted by atomic mass is 10.2. The van der Waals surface area contributed by atoms with Gasteiger partial charge in [0.05, 0.1) is 44.1 Å². The minimum atomic E-state index is 0. The van der Waals surface area contributed by atoms with Gasteiger partial charge in [0.2, 0.25) is 0 Å². The molecule has 7 nitrogen and oxygen atoms in total. The maximum Gasteiger partial charge on any atom is 0.194 e. The van der Waals surface area contributed by atoms with Gasteiger partial charge in [-0.05, 0) is 24.6 Å². The van der Waals surface area contributed by atoms with E-state index in [9.17, 15) is 0 Å². The summed E-state index contributed by atoms with van der Waals surface area (Å²) in [5.74, 6) is 2.19. The maximum absolute atomic E-state index is 6.39. The molecule has 0 spiro atoms. The van der Waals surface area contributed by atoms with E-state index < -0.39 is 0 Å². The highest BCUT2D eigenvalue weighted by molar-refractivity contribution is 14.0. The van der Waals surface area contributed by atoms with E-state index in [1.54, 1.807) is 7.11 Å². The molecule has 0 aromatic heterocycles. The van der Waals surface area contributed by atoms with E-state index in [0.717, 1.165) is 37.6 Å². The summed E-state index contributed by atoms with van der Waals surface area (Å²) in [6.07, 6.45) is 0.906. The first-order chi connectivity index (χ1) is 13.2. The van der Waals surface area contributed by atoms with Crippen LogP contribution in [0, 0.1) is 0 Å². The summed E-state index contributed by atoms with van der Waals surface area (Å²) in [5.41, 5.74) is 0.987. The summed E-state index contributed by atoms with van der Waals surface area (Å²) < 4.78 is 22.4. The number of nitrogens with zero attached hydrogens (tertiary/aromatic N) is 2. The molecule has 158 valence electrons. The Balaban J connectivity index is 0.00000280. The van der Waals surface area contributed by atoms with Crippen LogP contribution < -0.4 is 14.8 Å². The van der Waals surface area contributed by atoms with Gasteiger partial charge in [-0.2, -0.15) is 0 Å². The van der Waals surface area contributed by atoms with Crippen LogP contribution in [0.1, 0.15) is 18.9 Å². The largest absolute Gasteiger partial charge is 0.489 e. The standard InChI is InChI=1S/C19H28ClN3O4.HI/c1-3-21-19(23-5-8-25-15(12-23)13-24-2)22-11-14-9-16(20)18-17(10-14)26-6-4-7-27-18;/h9-10,15H,3-8,11-13H2,1-2H3,(H,21,22);1H. The van der Waals surface area contributed by atoms with E-state index in [-0.39, 0.29) is 30.1 Å². The molecule has 0 radical (unpaired) electrons. The Morgan fingerprint density at radius 2 is 2.14 bits per heavy atom. The summed E-state index contributed by atoms with van der Waals surface area (Å²) in [5, 5.41) is 3.93. The van der Waals surface area contributed by atoms with Crippen molar-refractivity contribution in [2.24, 2.45) is 4.99 Å². The zero-order chi connectivity index (χ0) is 19.1. The summed E-state index contributed by atoms with van der Waals surface area (Å²) >= 11 is 6.39. The number of rotatable bonds is 5. The van der Waals surface area contributed by atoms with E-state index in [4.69, 9.17) is 35.5 Å². The Labute approximate surface area is 188 Å². The molecule has 1 aromatic carbocycles. The fraction of sp³-hybridized carbons (Fsp3) is 0.632. The van der Waals surface area contributed by atoms with Gasteiger partial charge in [0, 0.05) is 33.2 Å². The molecule has 1 saturated heterocycles. The number of halogens is 2. The molecule has 3 rings (SSSR count). The highest BCUT2D eigenvalue weighted by Crippen LogP contribution is 2.38. The topological polar surface area (TPSA) is 64.6 Å². The van der Waals surface area contributed by atoms with E-state index in [2.05, 4.69) is 17.1 Å². The molecule has 1 unspecified atom stereocenters. The fourth-order valence-electron chi connectivity index (χ4n) is 3.17. The van der Waals surface area contributed by atoms with Gasteiger partial charge in [-0.3, -0.25) is 0 Å². The predicted octanol–water partition coefficient (Wildman–Crippen LogP) is 2.93. The first kappa shape index (κ1) is 23.3. The molecule has 0 amide bonds. The van der Waals surface area contributed by atoms with Crippen molar-refractivity contribution >= 4 is 41.5 Å². The summed E-state index contributed by atoms with van der Waals surface area (Å²) in [6, 6.07) is 3.86. The van der Waals surface area contributed by atoms with Crippen LogP contribution in [0.3, 0.4) is 0 Å². The average Bonchev–Trinajstić information content (AvgIpc) is 2.91. The number of fused-ring (bicyclic) bond motifs is 1. The lowest BCUT2D eigenvalue weighted by Gasteiger charge is -2.34. The molecule has 0 saturated carbocycles. The third-order valence-corrected chi connectivity index (χ3v) is 4.68. The van der Waals surface area contributed by atoms with Crippen molar-refractivity contribution in [3.05, 3.63) is 22.7 Å². The number of morpholine rings is 1. The van der Waals surface area contributed by atoms with Crippen molar-refractivity contribution in [1.29, 1.82) is 0 Å². The predicted molar refractivity (Wildman–Crippen MR) is 120 cm³/mol. The van der Waals surface area contributed by atoms with Gasteiger partial charge in [0.1, 0.15) is 0 Å². The van der Waals surface area contributed by atoms with Crippen molar-refractivity contribution in [1.82, 2.24) is 10.2 Å². The monoisotopic (exact) mass is 525 g/mol. The molecule has 1 fully saturated rings. The number of hydrogen-bond donors (Lipinski definition) is 1. The van der Waals surface area contributed by atoms with Crippen LogP contribution in [0.5, 0.6) is 11.5 Å². The second kappa shape index (κ2) is 11.9. The van der Waals surface area contributed by atoms with Gasteiger partial charge >= 0.3 is 0 Å². The van der Waals surface area contributed by atoms with E-state index in [1.165, 1.54) is 0 Å². The summed E-state index contributed by atoms with van der Waals surface area (Å²) in [6.45, 7) is 7.41. The van der Waals surface area contributed by atoms with Crippen LogP contribution in [0.25, 0.3) is 0 Å². The lowest BCUT2D eigenvalue weighted by Crippen LogP contribution is -2.51. The Kier molecular flexibility index (Phi) is 9.90. The highest BCUT2D eigenvalue weighted by Gasteiger charge is 2.23. The van der Waals surface area contributed by atoms with E-state index in [0.29, 0.717) is 49.5 Å². The number of ether oxygens (including phenoxy) is 4. The quantitative estimate of drug-likeness (QED) is 0.362. The van der Waals surface area contributed by atoms with Crippen LogP contribution in [-0.2, 0) is 16.0 Å². The average molecular weight is 526 g/mol. The van der Waals surface area contributed by atoms with Crippen LogP contribution in [-0.4, -0.2) is 70.1 Å². The molecule has 1 atom stereocenters. The van der Waals surface area contributed by atoms with Crippen molar-refractivity contribution in [2.75, 3.05) is 53.2 Å². The van der Waals surface area contributed by atoms with Crippen LogP contribution >= 0.6 is 35.6 Å². The molecule has 28 heavy (non-hydrogen) atoms. The first-order valence-corrected chi connectivity index (χ1v) is 9.81. The molecule has 0 bridgehead atoms. The maximum atomic E-state index is 6.39. The van der Waals surface area contributed by atoms with E-state index >= 15 is 0 Å². The minimum Gasteiger partial charge on any atom is -0.489 e. The van der Waals surface area contributed by atoms with Gasteiger partial charge in [-0.15, -0.1) is 24.0 Å². The number of nitrogens with one attached hydrogen (secondary N) is 1. The van der Waals surface area contributed by atoms with Crippen molar-refractivity contribution in [3.63, 3.8) is 0 Å². The molecule has 0 aliphatic carbocycles. The number of benzene rings is 1. The second-order valence-corrected chi connectivity index (χ2v) is 6.93. The van der Waals surface area contributed by atoms with Crippen molar-refractivity contribution in [2.45, 2.75) is 26.0 Å². The molecule has 1 aromatic rings. The zero-order valence-corrected chi connectivity index (χ0v) is 19.5. The van der Waals surface area contributed by atoms with Gasteiger partial charge in [-0.1, -0.05) is 11.6 Å². The number of aliphatic imine (C=N–C) groups is 1. The number of hydrogen-bond acceptors (Lipinski definition) is 5. The molecule has 2 heterocycles. The fourth-order valence-corrected chi connectivity index (χ4v) is 3.45. The molecule has 9 heteroatoms. The van der Waals surface area contributed by atoms with Crippen molar-refractivity contribution in [3.8, 4) is 11.5 Å². The molecule has 2 aliphatic rings. The van der Waals surface area contributed by atoms with Crippen LogP contribution in [0.4, 0.5) is 0 Å². The normalized spacial score (nSPS) is 19.6. The second-order valence-electron chi connectivity index (χ2n) is 6.52. The number of guanidine groups is 1. The van der Waals surface area contributed by atoms with Crippen LogP contribution in [0.15, 0.2) is 17.1 Å². The molecule has 1 N–H and O–H groups in total. The summed E-state index contributed by atoms with van der Waals surface area (Å²) in [4.78, 5) is 7.01. The van der Waals surface area contributed by atoms with Crippen molar-refractivity contribution < 1.29 is 18.9 Å². The summed E-state index contributed by atoms with van der Waals surface area (Å²) in [7, 11) is 1.69. The van der Waals surface area contributed by atoms with Gasteiger partial charge in [0.25, 0.3) is 0 Å². The SMILES string of the molecule is CCNC(=NCc1cc(Cl)c2c(c1)OCCCO2)N1CCOC(COC)C1.I. The third kappa shape index (κ3) is 6.27. The Bertz CT molecular complexity index is 660. The molecular formula is C19H29ClIN3O4.